The largest absolute Gasteiger partial charge is 0.508 e. The molecule has 1 rings (SSSR count). The Morgan fingerprint density at radius 1 is 1.41 bits per heavy atom. The van der Waals surface area contributed by atoms with Gasteiger partial charge in [0.15, 0.2) is 0 Å². The lowest BCUT2D eigenvalue weighted by molar-refractivity contribution is 0.111. The van der Waals surface area contributed by atoms with Crippen LogP contribution in [0.2, 0.25) is 0 Å². The highest BCUT2D eigenvalue weighted by molar-refractivity contribution is 5.30. The molecule has 0 radical (unpaired) electrons. The fraction of sp³-hybridized carbons (Fsp3) is 0.200. The molecule has 1 unspecified atom stereocenters. The Morgan fingerprint density at radius 2 is 2.06 bits per heavy atom. The van der Waals surface area contributed by atoms with E-state index in [9.17, 15) is 5.11 Å². The van der Waals surface area contributed by atoms with Crippen molar-refractivity contribution < 1.29 is 9.84 Å². The normalized spacial score (nSPS) is 22.4. The predicted molar refractivity (Wildman–Crippen MR) is 73.7 cm³/mol. The molecule has 0 spiro atoms. The Hall–Kier alpha value is -1.96. The van der Waals surface area contributed by atoms with Crippen molar-refractivity contribution in [3.05, 3.63) is 73.8 Å². The number of rotatable bonds is 3. The van der Waals surface area contributed by atoms with E-state index >= 15 is 0 Å². The zero-order chi connectivity index (χ0) is 13.3. The maximum Gasteiger partial charge on any atom is 0.147 e. The molecule has 0 aromatic carbocycles. The van der Waals surface area contributed by atoms with Crippen LogP contribution < -0.4 is 0 Å². The number of aliphatic hydroxyl groups is 1. The Kier molecular flexibility index (Phi) is 6.49. The second kappa shape index (κ2) is 7.34. The van der Waals surface area contributed by atoms with Crippen molar-refractivity contribution >= 4 is 0 Å². The minimum atomic E-state index is -0.649. The third kappa shape index (κ3) is 5.61. The summed E-state index contributed by atoms with van der Waals surface area (Å²) in [4.78, 5) is 0. The Labute approximate surface area is 104 Å². The van der Waals surface area contributed by atoms with Gasteiger partial charge in [-0.25, -0.2) is 0 Å². The summed E-state index contributed by atoms with van der Waals surface area (Å²) >= 11 is 0. The van der Waals surface area contributed by atoms with Crippen LogP contribution in [0.1, 0.15) is 13.8 Å². The maximum absolute atomic E-state index is 9.47. The molecule has 0 aliphatic heterocycles. The molecule has 0 saturated carbocycles. The lowest BCUT2D eigenvalue weighted by Gasteiger charge is -2.23. The molecule has 0 heterocycles. The van der Waals surface area contributed by atoms with E-state index in [0.717, 1.165) is 0 Å². The summed E-state index contributed by atoms with van der Waals surface area (Å²) in [6.07, 6.45) is 12.4. The monoisotopic (exact) mass is 232 g/mol. The molecular weight excluding hydrogens is 212 g/mol. The van der Waals surface area contributed by atoms with Gasteiger partial charge >= 0.3 is 0 Å². The fourth-order valence-corrected chi connectivity index (χ4v) is 1.36. The molecule has 17 heavy (non-hydrogen) atoms. The van der Waals surface area contributed by atoms with Gasteiger partial charge in [0.25, 0.3) is 0 Å². The lowest BCUT2D eigenvalue weighted by Crippen LogP contribution is -2.22. The quantitative estimate of drug-likeness (QED) is 0.448. The molecule has 0 bridgehead atoms. The van der Waals surface area contributed by atoms with E-state index < -0.39 is 5.60 Å². The average Bonchev–Trinajstić information content (AvgIpc) is 2.42. The van der Waals surface area contributed by atoms with Crippen molar-refractivity contribution in [1.29, 1.82) is 0 Å². The van der Waals surface area contributed by atoms with Crippen LogP contribution in [-0.2, 0) is 4.74 Å². The Bertz CT molecular complexity index is 372. The van der Waals surface area contributed by atoms with Gasteiger partial charge in [-0.1, -0.05) is 24.8 Å². The summed E-state index contributed by atoms with van der Waals surface area (Å²) in [7, 11) is 0. The van der Waals surface area contributed by atoms with Gasteiger partial charge in [-0.3, -0.25) is 0 Å². The molecule has 0 amide bonds. The van der Waals surface area contributed by atoms with Crippen molar-refractivity contribution in [2.45, 2.75) is 19.4 Å². The van der Waals surface area contributed by atoms with Gasteiger partial charge < -0.3 is 9.84 Å². The van der Waals surface area contributed by atoms with E-state index in [1.807, 2.05) is 32.1 Å². The average molecular weight is 232 g/mol. The van der Waals surface area contributed by atoms with Crippen molar-refractivity contribution in [3.63, 3.8) is 0 Å². The van der Waals surface area contributed by atoms with Crippen LogP contribution >= 0.6 is 0 Å². The maximum atomic E-state index is 9.47. The molecule has 2 nitrogen and oxygen atoms in total. The van der Waals surface area contributed by atoms with Gasteiger partial charge in [-0.2, -0.15) is 0 Å². The topological polar surface area (TPSA) is 29.5 Å². The van der Waals surface area contributed by atoms with Crippen molar-refractivity contribution in [2.24, 2.45) is 0 Å². The van der Waals surface area contributed by atoms with Gasteiger partial charge in [0.2, 0.25) is 0 Å². The second-order valence-electron chi connectivity index (χ2n) is 3.54. The summed E-state index contributed by atoms with van der Waals surface area (Å²) in [6.45, 7) is 13.5. The standard InChI is InChI=1S/C13H16O2.C2H4/c1-4-7-11(2)15-13(3)9-6-5-8-12(14)10-13;1-2/h4-10,14H,2H2,1,3H3;1-2H2/b7-4-;. The van der Waals surface area contributed by atoms with Crippen LogP contribution in [0.4, 0.5) is 0 Å². The molecular formula is C15H20O2. The zero-order valence-electron chi connectivity index (χ0n) is 10.5. The minimum Gasteiger partial charge on any atom is -0.508 e. The lowest BCUT2D eigenvalue weighted by atomic mass is 10.1. The summed E-state index contributed by atoms with van der Waals surface area (Å²) < 4.78 is 5.63. The fourth-order valence-electron chi connectivity index (χ4n) is 1.36. The zero-order valence-corrected chi connectivity index (χ0v) is 10.5. The van der Waals surface area contributed by atoms with Crippen molar-refractivity contribution in [2.75, 3.05) is 0 Å². The van der Waals surface area contributed by atoms with Gasteiger partial charge in [0.05, 0.1) is 0 Å². The van der Waals surface area contributed by atoms with Crippen molar-refractivity contribution in [1.82, 2.24) is 0 Å². The highest BCUT2D eigenvalue weighted by Crippen LogP contribution is 2.22. The SMILES string of the molecule is C=C.C=C(/C=C\C)OC1(C)C=CC=CC(O)=C1. The summed E-state index contributed by atoms with van der Waals surface area (Å²) in [5.74, 6) is 0.756. The summed E-state index contributed by atoms with van der Waals surface area (Å²) in [6, 6.07) is 0. The summed E-state index contributed by atoms with van der Waals surface area (Å²) in [5.41, 5.74) is -0.649. The molecule has 2 heteroatoms. The van der Waals surface area contributed by atoms with Gasteiger partial charge in [-0.05, 0) is 32.1 Å². The van der Waals surface area contributed by atoms with Gasteiger partial charge in [-0.15, -0.1) is 13.2 Å². The molecule has 0 saturated heterocycles. The molecule has 1 aliphatic rings. The highest BCUT2D eigenvalue weighted by atomic mass is 16.5. The Balaban J connectivity index is 0.00000121. The van der Waals surface area contributed by atoms with Crippen LogP contribution in [0.5, 0.6) is 0 Å². The van der Waals surface area contributed by atoms with Gasteiger partial charge in [0.1, 0.15) is 17.1 Å². The number of allylic oxidation sites excluding steroid dienone is 5. The van der Waals surface area contributed by atoms with E-state index in [-0.39, 0.29) is 5.76 Å². The van der Waals surface area contributed by atoms with Crippen LogP contribution in [0.25, 0.3) is 0 Å². The predicted octanol–water partition coefficient (Wildman–Crippen LogP) is 4.22. The summed E-state index contributed by atoms with van der Waals surface area (Å²) in [5, 5.41) is 9.47. The van der Waals surface area contributed by atoms with Gasteiger partial charge in [0, 0.05) is 6.08 Å². The number of hydrogen-bond acceptors (Lipinski definition) is 2. The third-order valence-corrected chi connectivity index (χ3v) is 1.94. The number of aliphatic hydroxyl groups excluding tert-OH is 1. The smallest absolute Gasteiger partial charge is 0.147 e. The van der Waals surface area contributed by atoms with E-state index in [4.69, 9.17) is 4.74 Å². The molecule has 0 fully saturated rings. The molecule has 92 valence electrons. The first-order valence-electron chi connectivity index (χ1n) is 5.34. The van der Waals surface area contributed by atoms with E-state index in [1.165, 1.54) is 0 Å². The first kappa shape index (κ1) is 15.0. The first-order chi connectivity index (χ1) is 8.06. The van der Waals surface area contributed by atoms with Crippen LogP contribution in [0.3, 0.4) is 0 Å². The van der Waals surface area contributed by atoms with E-state index in [1.54, 1.807) is 24.3 Å². The molecule has 0 aromatic heterocycles. The van der Waals surface area contributed by atoms with Crippen LogP contribution in [0, 0.1) is 0 Å². The Morgan fingerprint density at radius 3 is 2.65 bits per heavy atom. The second-order valence-corrected chi connectivity index (χ2v) is 3.54. The highest BCUT2D eigenvalue weighted by Gasteiger charge is 2.21. The molecule has 0 aromatic rings. The minimum absolute atomic E-state index is 0.191. The van der Waals surface area contributed by atoms with Crippen molar-refractivity contribution in [3.8, 4) is 0 Å². The van der Waals surface area contributed by atoms with Crippen LogP contribution in [-0.4, -0.2) is 10.7 Å². The first-order valence-corrected chi connectivity index (χ1v) is 5.34. The van der Waals surface area contributed by atoms with E-state index in [0.29, 0.717) is 5.76 Å². The number of hydrogen-bond donors (Lipinski definition) is 1. The molecule has 1 aliphatic carbocycles. The van der Waals surface area contributed by atoms with Crippen LogP contribution in [0.15, 0.2) is 73.8 Å². The molecule has 1 atom stereocenters. The molecule has 1 N–H and O–H groups in total. The van der Waals surface area contributed by atoms with E-state index in [2.05, 4.69) is 19.7 Å². The number of ether oxygens (including phenoxy) is 1. The third-order valence-electron chi connectivity index (χ3n) is 1.94.